The van der Waals surface area contributed by atoms with Crippen molar-refractivity contribution in [3.8, 4) is 0 Å². The van der Waals surface area contributed by atoms with Crippen LogP contribution < -0.4 is 0 Å². The Labute approximate surface area is 186 Å². The van der Waals surface area contributed by atoms with Crippen LogP contribution in [0.15, 0.2) is 36.7 Å². The number of carbonyl (C=O) groups is 1. The normalized spacial score (nSPS) is 21.0. The summed E-state index contributed by atoms with van der Waals surface area (Å²) in [4.78, 5) is 21.1. The second kappa shape index (κ2) is 9.18. The van der Waals surface area contributed by atoms with Gasteiger partial charge in [0, 0.05) is 51.7 Å². The van der Waals surface area contributed by atoms with Crippen LogP contribution in [0, 0.1) is 17.0 Å². The number of likely N-dealkylation sites (tertiary alicyclic amines) is 2. The first kappa shape index (κ1) is 22.1. The van der Waals surface area contributed by atoms with E-state index in [1.807, 2.05) is 12.3 Å². The van der Waals surface area contributed by atoms with E-state index in [4.69, 9.17) is 16.3 Å². The molecule has 0 unspecified atom stereocenters. The van der Waals surface area contributed by atoms with Gasteiger partial charge in [-0.05, 0) is 48.4 Å². The van der Waals surface area contributed by atoms with E-state index in [2.05, 4.69) is 16.0 Å². The molecular weight excluding hydrogens is 424 g/mol. The summed E-state index contributed by atoms with van der Waals surface area (Å²) in [7, 11) is 1.72. The van der Waals surface area contributed by atoms with Crippen LogP contribution in [-0.4, -0.2) is 60.1 Å². The summed E-state index contributed by atoms with van der Waals surface area (Å²) in [6.07, 6.45) is 6.32. The largest absolute Gasteiger partial charge is 0.383 e. The number of carbonyl (C=O) groups excluding carboxylic acids is 1. The average molecular weight is 450 g/mol. The third-order valence-electron chi connectivity index (χ3n) is 6.57. The Bertz CT molecular complexity index is 936. The highest BCUT2D eigenvalue weighted by molar-refractivity contribution is 6.31. The quantitative estimate of drug-likeness (QED) is 0.643. The number of nitrogens with zero attached hydrogens (tertiary/aromatic N) is 3. The number of benzene rings is 1. The van der Waals surface area contributed by atoms with Gasteiger partial charge in [-0.3, -0.25) is 14.7 Å². The summed E-state index contributed by atoms with van der Waals surface area (Å²) < 4.78 is 33.2. The SMILES string of the molecule is COC[C@@H]1CC2(CCN(C(=O)c3ccc(F)c(Cl)c3F)CC2)CN1Cc1cccnc1. The molecule has 1 amide bonds. The predicted octanol–water partition coefficient (Wildman–Crippen LogP) is 4.16. The first-order valence-corrected chi connectivity index (χ1v) is 10.8. The molecule has 0 aliphatic carbocycles. The molecule has 2 fully saturated rings. The van der Waals surface area contributed by atoms with Crippen LogP contribution in [0.25, 0.3) is 0 Å². The van der Waals surface area contributed by atoms with Gasteiger partial charge in [-0.2, -0.15) is 0 Å². The number of hydrogen-bond acceptors (Lipinski definition) is 4. The molecule has 2 aromatic rings. The van der Waals surface area contributed by atoms with E-state index in [9.17, 15) is 13.6 Å². The molecular formula is C23H26ClF2N3O2. The van der Waals surface area contributed by atoms with Gasteiger partial charge < -0.3 is 9.64 Å². The molecule has 5 nitrogen and oxygen atoms in total. The number of ether oxygens (including phenoxy) is 1. The van der Waals surface area contributed by atoms with E-state index in [0.717, 1.165) is 44.0 Å². The molecule has 1 aromatic heterocycles. The monoisotopic (exact) mass is 449 g/mol. The lowest BCUT2D eigenvalue weighted by atomic mass is 9.76. The van der Waals surface area contributed by atoms with Crippen molar-refractivity contribution in [1.29, 1.82) is 0 Å². The van der Waals surface area contributed by atoms with Gasteiger partial charge in [-0.15, -0.1) is 0 Å². The highest BCUT2D eigenvalue weighted by Gasteiger charge is 2.46. The van der Waals surface area contributed by atoms with E-state index in [0.29, 0.717) is 25.7 Å². The van der Waals surface area contributed by atoms with Crippen LogP contribution >= 0.6 is 11.6 Å². The summed E-state index contributed by atoms with van der Waals surface area (Å²) in [5.41, 5.74) is 1.09. The van der Waals surface area contributed by atoms with Crippen molar-refractivity contribution < 1.29 is 18.3 Å². The molecule has 166 valence electrons. The van der Waals surface area contributed by atoms with Gasteiger partial charge in [0.2, 0.25) is 0 Å². The Morgan fingerprint density at radius 3 is 2.74 bits per heavy atom. The maximum absolute atomic E-state index is 14.3. The van der Waals surface area contributed by atoms with E-state index in [-0.39, 0.29) is 11.0 Å². The number of pyridine rings is 1. The number of hydrogen-bond donors (Lipinski definition) is 0. The molecule has 0 N–H and O–H groups in total. The van der Waals surface area contributed by atoms with Crippen LogP contribution in [0.1, 0.15) is 35.2 Å². The maximum Gasteiger partial charge on any atom is 0.256 e. The van der Waals surface area contributed by atoms with Crippen LogP contribution in [-0.2, 0) is 11.3 Å². The minimum absolute atomic E-state index is 0.0984. The molecule has 0 saturated carbocycles. The van der Waals surface area contributed by atoms with Gasteiger partial charge in [0.25, 0.3) is 5.91 Å². The zero-order valence-electron chi connectivity index (χ0n) is 17.5. The fourth-order valence-corrected chi connectivity index (χ4v) is 5.09. The number of amides is 1. The Morgan fingerprint density at radius 1 is 1.29 bits per heavy atom. The maximum atomic E-state index is 14.3. The number of rotatable bonds is 5. The van der Waals surface area contributed by atoms with E-state index >= 15 is 0 Å². The molecule has 3 heterocycles. The van der Waals surface area contributed by atoms with Crippen molar-refractivity contribution in [2.75, 3.05) is 33.4 Å². The molecule has 1 aromatic carbocycles. The second-order valence-corrected chi connectivity index (χ2v) is 8.97. The Hall–Kier alpha value is -2.09. The summed E-state index contributed by atoms with van der Waals surface area (Å²) in [6, 6.07) is 6.53. The zero-order chi connectivity index (χ0) is 22.0. The summed E-state index contributed by atoms with van der Waals surface area (Å²) in [5, 5.41) is -0.636. The average Bonchev–Trinajstić information content (AvgIpc) is 3.09. The van der Waals surface area contributed by atoms with E-state index in [1.165, 1.54) is 6.07 Å². The van der Waals surface area contributed by atoms with Crippen molar-refractivity contribution >= 4 is 17.5 Å². The first-order valence-electron chi connectivity index (χ1n) is 10.5. The van der Waals surface area contributed by atoms with E-state index < -0.39 is 22.6 Å². The fourth-order valence-electron chi connectivity index (χ4n) is 4.93. The topological polar surface area (TPSA) is 45.7 Å². The predicted molar refractivity (Wildman–Crippen MR) is 114 cm³/mol. The number of piperidine rings is 1. The molecule has 1 atom stereocenters. The third kappa shape index (κ3) is 4.59. The van der Waals surface area contributed by atoms with Gasteiger partial charge in [-0.1, -0.05) is 17.7 Å². The summed E-state index contributed by atoms with van der Waals surface area (Å²) >= 11 is 5.65. The Balaban J connectivity index is 1.43. The minimum atomic E-state index is -0.990. The smallest absolute Gasteiger partial charge is 0.256 e. The van der Waals surface area contributed by atoms with Crippen molar-refractivity contribution in [2.45, 2.75) is 31.8 Å². The van der Waals surface area contributed by atoms with Crippen molar-refractivity contribution in [1.82, 2.24) is 14.8 Å². The van der Waals surface area contributed by atoms with E-state index in [1.54, 1.807) is 18.2 Å². The van der Waals surface area contributed by atoms with Gasteiger partial charge in [0.1, 0.15) is 10.8 Å². The molecule has 8 heteroatoms. The van der Waals surface area contributed by atoms with Gasteiger partial charge in [0.15, 0.2) is 5.82 Å². The van der Waals surface area contributed by atoms with Crippen molar-refractivity contribution in [2.24, 2.45) is 5.41 Å². The lowest BCUT2D eigenvalue weighted by Crippen LogP contribution is -2.44. The zero-order valence-corrected chi connectivity index (χ0v) is 18.2. The third-order valence-corrected chi connectivity index (χ3v) is 6.91. The van der Waals surface area contributed by atoms with Crippen molar-refractivity contribution in [3.05, 3.63) is 64.4 Å². The number of halogens is 3. The number of aromatic nitrogens is 1. The van der Waals surface area contributed by atoms with Crippen LogP contribution in [0.4, 0.5) is 8.78 Å². The van der Waals surface area contributed by atoms with Gasteiger partial charge >= 0.3 is 0 Å². The lowest BCUT2D eigenvalue weighted by Gasteiger charge is -2.39. The first-order chi connectivity index (χ1) is 14.9. The molecule has 1 spiro atoms. The Kier molecular flexibility index (Phi) is 6.55. The molecule has 4 rings (SSSR count). The van der Waals surface area contributed by atoms with Crippen LogP contribution in [0.3, 0.4) is 0 Å². The summed E-state index contributed by atoms with van der Waals surface area (Å²) in [5.74, 6) is -2.29. The fraction of sp³-hybridized carbons (Fsp3) is 0.478. The summed E-state index contributed by atoms with van der Waals surface area (Å²) in [6.45, 7) is 3.46. The second-order valence-electron chi connectivity index (χ2n) is 8.59. The Morgan fingerprint density at radius 2 is 2.06 bits per heavy atom. The lowest BCUT2D eigenvalue weighted by molar-refractivity contribution is 0.0583. The van der Waals surface area contributed by atoms with Gasteiger partial charge in [-0.25, -0.2) is 8.78 Å². The molecule has 31 heavy (non-hydrogen) atoms. The highest BCUT2D eigenvalue weighted by atomic mass is 35.5. The molecule has 2 aliphatic heterocycles. The molecule has 2 aliphatic rings. The molecule has 2 saturated heterocycles. The highest BCUT2D eigenvalue weighted by Crippen LogP contribution is 2.44. The van der Waals surface area contributed by atoms with Gasteiger partial charge in [0.05, 0.1) is 12.2 Å². The van der Waals surface area contributed by atoms with Crippen molar-refractivity contribution in [3.63, 3.8) is 0 Å². The minimum Gasteiger partial charge on any atom is -0.383 e. The number of methoxy groups -OCH3 is 1. The molecule has 0 bridgehead atoms. The standard InChI is InChI=1S/C23H26ClF2N3O2/c1-31-14-17-11-23(15-29(17)13-16-3-2-8-27-12-16)6-9-28(10-7-23)22(30)18-4-5-19(25)20(24)21(18)26/h2-5,8,12,17H,6-7,9-11,13-15H2,1H3/t17-/m0/s1. The van der Waals surface area contributed by atoms with Crippen LogP contribution in [0.5, 0.6) is 0 Å². The van der Waals surface area contributed by atoms with Crippen LogP contribution in [0.2, 0.25) is 5.02 Å². The molecule has 0 radical (unpaired) electrons.